The topological polar surface area (TPSA) is 17.1 Å². The predicted molar refractivity (Wildman–Crippen MR) is 41.9 cm³/mol. The maximum atomic E-state index is 10.3. The van der Waals surface area contributed by atoms with Crippen LogP contribution < -0.4 is 0 Å². The Labute approximate surface area is 82.3 Å². The molecule has 0 aliphatic carbocycles. The fraction of sp³-hybridized carbons (Fsp3) is 0.571. The minimum Gasteiger partial charge on any atom is -0.295 e. The first-order valence-corrected chi connectivity index (χ1v) is 2.81. The molecular weight excluding hydrogens is 242 g/mol. The Morgan fingerprint density at radius 2 is 1.80 bits per heavy atom. The molecule has 0 radical (unpaired) electrons. The van der Waals surface area contributed by atoms with Crippen LogP contribution in [-0.4, -0.2) is 5.78 Å². The molecule has 0 aromatic rings. The number of hydrogen-bond acceptors (Lipinski definition) is 1. The summed E-state index contributed by atoms with van der Waals surface area (Å²) >= 11 is 0. The minimum absolute atomic E-state index is 0. The van der Waals surface area contributed by atoms with Gasteiger partial charge in [0.2, 0.25) is 0 Å². The Balaban J connectivity index is -0.000000245. The van der Waals surface area contributed by atoms with Crippen molar-refractivity contribution in [3.8, 4) is 0 Å². The van der Waals surface area contributed by atoms with E-state index in [0.29, 0.717) is 5.92 Å². The van der Waals surface area contributed by atoms with E-state index in [2.05, 4.69) is 0 Å². The van der Waals surface area contributed by atoms with Crippen LogP contribution in [0, 0.1) is 5.92 Å². The van der Waals surface area contributed by atoms with Gasteiger partial charge in [0.05, 0.1) is 0 Å². The molecule has 0 spiro atoms. The summed E-state index contributed by atoms with van der Waals surface area (Å²) in [6.07, 6.45) is 3.49. The summed E-state index contributed by atoms with van der Waals surface area (Å²) in [7, 11) is 0. The Morgan fingerprint density at radius 3 is 1.90 bits per heavy atom. The van der Waals surface area contributed by atoms with Crippen molar-refractivity contribution in [1.29, 1.82) is 0 Å². The third kappa shape index (κ3) is 15.8. The molecule has 1 nitrogen and oxygen atoms in total. The van der Waals surface area contributed by atoms with Gasteiger partial charge in [-0.25, -0.2) is 0 Å². The van der Waals surface area contributed by atoms with Gasteiger partial charge in [-0.3, -0.25) is 4.79 Å². The van der Waals surface area contributed by atoms with Crippen LogP contribution in [0.15, 0.2) is 12.2 Å². The number of halogens is 1. The predicted octanol–water partition coefficient (Wildman–Crippen LogP) is 2.21. The minimum atomic E-state index is 0. The van der Waals surface area contributed by atoms with Crippen molar-refractivity contribution in [3.63, 3.8) is 0 Å². The van der Waals surface area contributed by atoms with E-state index in [9.17, 15) is 4.79 Å². The summed E-state index contributed by atoms with van der Waals surface area (Å²) in [5.41, 5.74) is 0. The van der Waals surface area contributed by atoms with Crippen molar-refractivity contribution >= 4 is 18.2 Å². The summed E-state index contributed by atoms with van der Waals surface area (Å²) in [6.45, 7) is 5.64. The zero-order valence-electron chi connectivity index (χ0n) is 6.36. The summed E-state index contributed by atoms with van der Waals surface area (Å²) in [4.78, 5) is 10.3. The van der Waals surface area contributed by atoms with E-state index in [0.717, 1.165) is 0 Å². The van der Waals surface area contributed by atoms with E-state index in [1.165, 1.54) is 0 Å². The first-order valence-electron chi connectivity index (χ1n) is 2.81. The van der Waals surface area contributed by atoms with Gasteiger partial charge in [0.15, 0.2) is 5.78 Å². The number of allylic oxidation sites excluding steroid dienone is 2. The zero-order chi connectivity index (χ0) is 6.57. The van der Waals surface area contributed by atoms with Gasteiger partial charge in [0.1, 0.15) is 0 Å². The standard InChI is InChI=1S/C7H12O.ClH.Pd/c1-6(2)4-5-7(3)8;;/h4-6H,1-3H3;1H;/b5-4+;;. The normalized spacial score (nSPS) is 8.80. The summed E-state index contributed by atoms with van der Waals surface area (Å²) in [5, 5.41) is 0. The van der Waals surface area contributed by atoms with Gasteiger partial charge in [-0.2, -0.15) is 0 Å². The molecule has 0 rings (SSSR count). The third-order valence-corrected chi connectivity index (χ3v) is 0.716. The molecule has 0 saturated carbocycles. The van der Waals surface area contributed by atoms with E-state index in [1.807, 2.05) is 19.9 Å². The second kappa shape index (κ2) is 9.36. The van der Waals surface area contributed by atoms with Crippen LogP contribution in [0.3, 0.4) is 0 Å². The van der Waals surface area contributed by atoms with Gasteiger partial charge in [-0.15, -0.1) is 12.4 Å². The van der Waals surface area contributed by atoms with Crippen molar-refractivity contribution in [1.82, 2.24) is 0 Å². The second-order valence-corrected chi connectivity index (χ2v) is 2.21. The number of carbonyl (C=O) groups is 1. The van der Waals surface area contributed by atoms with E-state index in [-0.39, 0.29) is 38.6 Å². The van der Waals surface area contributed by atoms with Crippen molar-refractivity contribution in [2.45, 2.75) is 20.8 Å². The summed E-state index contributed by atoms with van der Waals surface area (Å²) < 4.78 is 0. The molecule has 0 saturated heterocycles. The molecular formula is C7H13ClOPd. The third-order valence-electron chi connectivity index (χ3n) is 0.716. The van der Waals surface area contributed by atoms with Crippen LogP contribution in [0.25, 0.3) is 0 Å². The molecule has 64 valence electrons. The molecule has 0 fully saturated rings. The molecule has 0 aliphatic rings. The Bertz CT molecular complexity index is 110. The molecule has 0 unspecified atom stereocenters. The van der Waals surface area contributed by atoms with Crippen molar-refractivity contribution in [2.75, 3.05) is 0 Å². The molecule has 3 heteroatoms. The van der Waals surface area contributed by atoms with Gasteiger partial charge in [0, 0.05) is 20.4 Å². The number of hydrogen-bond donors (Lipinski definition) is 0. The fourth-order valence-electron chi connectivity index (χ4n) is 0.328. The quantitative estimate of drug-likeness (QED) is 0.546. The zero-order valence-corrected chi connectivity index (χ0v) is 8.74. The van der Waals surface area contributed by atoms with Gasteiger partial charge in [-0.1, -0.05) is 19.9 Å². The Hall–Kier alpha value is 0.362. The molecule has 0 aliphatic heterocycles. The number of carbonyl (C=O) groups excluding carboxylic acids is 1. The monoisotopic (exact) mass is 254 g/mol. The van der Waals surface area contributed by atoms with Crippen LogP contribution in [0.5, 0.6) is 0 Å². The van der Waals surface area contributed by atoms with Gasteiger partial charge < -0.3 is 0 Å². The van der Waals surface area contributed by atoms with Gasteiger partial charge >= 0.3 is 0 Å². The molecule has 0 aromatic carbocycles. The second-order valence-electron chi connectivity index (χ2n) is 2.21. The summed E-state index contributed by atoms with van der Waals surface area (Å²) in [5.74, 6) is 0.609. The molecule has 10 heavy (non-hydrogen) atoms. The molecule has 0 bridgehead atoms. The maximum absolute atomic E-state index is 10.3. The van der Waals surface area contributed by atoms with Crippen LogP contribution in [0.2, 0.25) is 0 Å². The Morgan fingerprint density at radius 1 is 1.40 bits per heavy atom. The van der Waals surface area contributed by atoms with Gasteiger partial charge in [-0.05, 0) is 18.9 Å². The molecule has 0 N–H and O–H groups in total. The fourth-order valence-corrected chi connectivity index (χ4v) is 0.328. The maximum Gasteiger partial charge on any atom is 0.152 e. The molecule has 0 amide bonds. The smallest absolute Gasteiger partial charge is 0.152 e. The average molecular weight is 255 g/mol. The van der Waals surface area contributed by atoms with Crippen LogP contribution in [0.1, 0.15) is 20.8 Å². The van der Waals surface area contributed by atoms with Crippen molar-refractivity contribution in [2.24, 2.45) is 5.92 Å². The van der Waals surface area contributed by atoms with Gasteiger partial charge in [0.25, 0.3) is 0 Å². The van der Waals surface area contributed by atoms with Crippen LogP contribution in [0.4, 0.5) is 0 Å². The molecule has 0 heterocycles. The largest absolute Gasteiger partial charge is 0.295 e. The van der Waals surface area contributed by atoms with E-state index >= 15 is 0 Å². The van der Waals surface area contributed by atoms with Crippen molar-refractivity contribution in [3.05, 3.63) is 12.2 Å². The van der Waals surface area contributed by atoms with E-state index in [1.54, 1.807) is 13.0 Å². The van der Waals surface area contributed by atoms with Crippen molar-refractivity contribution < 1.29 is 25.2 Å². The van der Waals surface area contributed by atoms with Crippen LogP contribution >= 0.6 is 12.4 Å². The first kappa shape index (κ1) is 16.8. The summed E-state index contributed by atoms with van der Waals surface area (Å²) in [6, 6.07) is 0. The van der Waals surface area contributed by atoms with E-state index < -0.39 is 0 Å². The molecule has 0 atom stereocenters. The van der Waals surface area contributed by atoms with Crippen LogP contribution in [-0.2, 0) is 25.2 Å². The van der Waals surface area contributed by atoms with E-state index in [4.69, 9.17) is 0 Å². The SMILES string of the molecule is CC(=O)/C=C/C(C)C.Cl.[Pd]. The Kier molecular flexibility index (Phi) is 15.7. The molecule has 0 aromatic heterocycles. The number of ketones is 1. The number of rotatable bonds is 2. The average Bonchev–Trinajstić information content (AvgIpc) is 1.61. The first-order chi connectivity index (χ1) is 3.63.